The molecule has 0 spiro atoms. The number of carbonyl (C=O) groups is 2. The van der Waals surface area contributed by atoms with Crippen LogP contribution in [0.15, 0.2) is 60.7 Å². The van der Waals surface area contributed by atoms with E-state index in [4.69, 9.17) is 4.74 Å². The number of carbonyl (C=O) groups excluding carboxylic acids is 2. The van der Waals surface area contributed by atoms with E-state index in [0.717, 1.165) is 5.56 Å². The van der Waals surface area contributed by atoms with Gasteiger partial charge in [-0.15, -0.1) is 0 Å². The van der Waals surface area contributed by atoms with E-state index in [1.54, 1.807) is 24.3 Å². The Bertz CT molecular complexity index is 826. The summed E-state index contributed by atoms with van der Waals surface area (Å²) in [6.45, 7) is 5.53. The summed E-state index contributed by atoms with van der Waals surface area (Å²) in [7, 11) is 1.29. The molecule has 1 amide bonds. The first-order valence-electron chi connectivity index (χ1n) is 8.34. The van der Waals surface area contributed by atoms with E-state index in [1.165, 1.54) is 7.11 Å². The van der Waals surface area contributed by atoms with Crippen LogP contribution < -0.4 is 5.32 Å². The Balaban J connectivity index is 2.52. The molecule has 4 heteroatoms. The second-order valence-corrected chi connectivity index (χ2v) is 6.93. The molecule has 0 bridgehead atoms. The van der Waals surface area contributed by atoms with Gasteiger partial charge in [0, 0.05) is 16.5 Å². The predicted molar refractivity (Wildman–Crippen MR) is 101 cm³/mol. The van der Waals surface area contributed by atoms with Gasteiger partial charge in [0.15, 0.2) is 0 Å². The first-order valence-corrected chi connectivity index (χ1v) is 8.34. The first kappa shape index (κ1) is 19.3. The van der Waals surface area contributed by atoms with Gasteiger partial charge in [-0.3, -0.25) is 4.79 Å². The maximum absolute atomic E-state index is 12.8. The lowest BCUT2D eigenvalue weighted by Gasteiger charge is -2.38. The Labute approximate surface area is 154 Å². The van der Waals surface area contributed by atoms with Crippen molar-refractivity contribution in [1.82, 2.24) is 5.32 Å². The molecular formula is C22H23NO3. The maximum atomic E-state index is 12.8. The van der Waals surface area contributed by atoms with Gasteiger partial charge in [-0.05, 0) is 24.3 Å². The third-order valence-electron chi connectivity index (χ3n) is 4.12. The van der Waals surface area contributed by atoms with Crippen LogP contribution in [-0.4, -0.2) is 24.5 Å². The van der Waals surface area contributed by atoms with Crippen molar-refractivity contribution >= 4 is 11.9 Å². The molecule has 1 atom stereocenters. The smallest absolute Gasteiger partial charge is 0.344 e. The minimum atomic E-state index is -1.50. The van der Waals surface area contributed by atoms with Crippen LogP contribution in [0.4, 0.5) is 0 Å². The van der Waals surface area contributed by atoms with Crippen LogP contribution in [0.1, 0.15) is 36.7 Å². The first-order chi connectivity index (χ1) is 12.3. The number of rotatable bonds is 3. The standard InChI is InChI=1S/C22H23NO3/c1-21(2,3)22(20(25)26-4,16-15-17-11-7-5-8-12-17)23-19(24)18-13-9-6-10-14-18/h5-14H,1-4H3,(H,23,24)/t22-/m1/s1. The van der Waals surface area contributed by atoms with E-state index in [2.05, 4.69) is 17.2 Å². The lowest BCUT2D eigenvalue weighted by Crippen LogP contribution is -2.62. The van der Waals surface area contributed by atoms with Gasteiger partial charge < -0.3 is 10.1 Å². The van der Waals surface area contributed by atoms with E-state index >= 15 is 0 Å². The highest BCUT2D eigenvalue weighted by Crippen LogP contribution is 2.32. The Hall–Kier alpha value is -3.06. The Morgan fingerprint density at radius 1 is 0.923 bits per heavy atom. The predicted octanol–water partition coefficient (Wildman–Crippen LogP) is 3.43. The van der Waals surface area contributed by atoms with Crippen molar-refractivity contribution in [2.24, 2.45) is 5.41 Å². The number of esters is 1. The zero-order chi connectivity index (χ0) is 19.2. The molecule has 0 saturated heterocycles. The van der Waals surface area contributed by atoms with Crippen molar-refractivity contribution in [3.63, 3.8) is 0 Å². The molecule has 0 aliphatic rings. The average molecular weight is 349 g/mol. The van der Waals surface area contributed by atoms with Crippen LogP contribution in [0.5, 0.6) is 0 Å². The van der Waals surface area contributed by atoms with Crippen molar-refractivity contribution in [2.45, 2.75) is 26.3 Å². The number of hydrogen-bond acceptors (Lipinski definition) is 3. The Morgan fingerprint density at radius 2 is 1.46 bits per heavy atom. The molecule has 26 heavy (non-hydrogen) atoms. The summed E-state index contributed by atoms with van der Waals surface area (Å²) in [4.78, 5) is 25.5. The highest BCUT2D eigenvalue weighted by molar-refractivity contribution is 6.00. The molecular weight excluding hydrogens is 326 g/mol. The highest BCUT2D eigenvalue weighted by Gasteiger charge is 2.50. The number of methoxy groups -OCH3 is 1. The van der Waals surface area contributed by atoms with E-state index in [-0.39, 0.29) is 5.91 Å². The van der Waals surface area contributed by atoms with Gasteiger partial charge in [-0.2, -0.15) is 0 Å². The Morgan fingerprint density at radius 3 is 1.96 bits per heavy atom. The summed E-state index contributed by atoms with van der Waals surface area (Å²) in [5, 5.41) is 2.82. The highest BCUT2D eigenvalue weighted by atomic mass is 16.5. The molecule has 0 aromatic heterocycles. The fourth-order valence-corrected chi connectivity index (χ4v) is 2.49. The summed E-state index contributed by atoms with van der Waals surface area (Å²) in [5.41, 5.74) is -0.998. The third-order valence-corrected chi connectivity index (χ3v) is 4.12. The van der Waals surface area contributed by atoms with Crippen LogP contribution in [0.2, 0.25) is 0 Å². The molecule has 0 heterocycles. The monoisotopic (exact) mass is 349 g/mol. The van der Waals surface area contributed by atoms with Crippen LogP contribution in [0.3, 0.4) is 0 Å². The van der Waals surface area contributed by atoms with Crippen LogP contribution >= 0.6 is 0 Å². The quantitative estimate of drug-likeness (QED) is 0.682. The van der Waals surface area contributed by atoms with Gasteiger partial charge in [0.1, 0.15) is 0 Å². The molecule has 0 saturated carbocycles. The molecule has 0 radical (unpaired) electrons. The molecule has 0 unspecified atom stereocenters. The fraction of sp³-hybridized carbons (Fsp3) is 0.273. The summed E-state index contributed by atoms with van der Waals surface area (Å²) in [6.07, 6.45) is 0. The maximum Gasteiger partial charge on any atom is 0.344 e. The summed E-state index contributed by atoms with van der Waals surface area (Å²) in [6, 6.07) is 18.0. The number of nitrogens with one attached hydrogen (secondary N) is 1. The molecule has 1 N–H and O–H groups in total. The Kier molecular flexibility index (Phi) is 5.84. The second kappa shape index (κ2) is 7.88. The largest absolute Gasteiger partial charge is 0.467 e. The number of ether oxygens (including phenoxy) is 1. The minimum Gasteiger partial charge on any atom is -0.467 e. The van der Waals surface area contributed by atoms with E-state index < -0.39 is 16.9 Å². The third kappa shape index (κ3) is 4.12. The van der Waals surface area contributed by atoms with Gasteiger partial charge >= 0.3 is 5.97 Å². The summed E-state index contributed by atoms with van der Waals surface area (Å²) >= 11 is 0. The van der Waals surface area contributed by atoms with Crippen molar-refractivity contribution in [1.29, 1.82) is 0 Å². The van der Waals surface area contributed by atoms with Crippen LogP contribution in [0.25, 0.3) is 0 Å². The van der Waals surface area contributed by atoms with Gasteiger partial charge in [0.05, 0.1) is 7.11 Å². The molecule has 2 aromatic carbocycles. The van der Waals surface area contributed by atoms with Crippen molar-refractivity contribution in [3.8, 4) is 11.8 Å². The molecule has 0 aliphatic heterocycles. The molecule has 2 rings (SSSR count). The number of hydrogen-bond donors (Lipinski definition) is 1. The van der Waals surface area contributed by atoms with Gasteiger partial charge in [-0.1, -0.05) is 69.0 Å². The van der Waals surface area contributed by atoms with E-state index in [0.29, 0.717) is 5.56 Å². The minimum absolute atomic E-state index is 0.381. The topological polar surface area (TPSA) is 55.4 Å². The van der Waals surface area contributed by atoms with Gasteiger partial charge in [0.2, 0.25) is 5.54 Å². The van der Waals surface area contributed by atoms with Crippen LogP contribution in [-0.2, 0) is 9.53 Å². The van der Waals surface area contributed by atoms with Gasteiger partial charge in [-0.25, -0.2) is 4.79 Å². The molecule has 0 fully saturated rings. The van der Waals surface area contributed by atoms with E-state index in [9.17, 15) is 9.59 Å². The lowest BCUT2D eigenvalue weighted by molar-refractivity contribution is -0.149. The number of benzene rings is 2. The zero-order valence-electron chi connectivity index (χ0n) is 15.5. The lowest BCUT2D eigenvalue weighted by atomic mass is 9.73. The normalized spacial score (nSPS) is 12.9. The average Bonchev–Trinajstić information content (AvgIpc) is 2.64. The van der Waals surface area contributed by atoms with Crippen molar-refractivity contribution < 1.29 is 14.3 Å². The van der Waals surface area contributed by atoms with Crippen molar-refractivity contribution in [2.75, 3.05) is 7.11 Å². The second-order valence-electron chi connectivity index (χ2n) is 6.93. The van der Waals surface area contributed by atoms with Gasteiger partial charge in [0.25, 0.3) is 5.91 Å². The fourth-order valence-electron chi connectivity index (χ4n) is 2.49. The summed E-state index contributed by atoms with van der Waals surface area (Å²) < 4.78 is 5.01. The molecule has 2 aromatic rings. The summed E-state index contributed by atoms with van der Waals surface area (Å²) in [5.74, 6) is 5.00. The molecule has 134 valence electrons. The SMILES string of the molecule is COC(=O)[C@@](C#Cc1ccccc1)(NC(=O)c1ccccc1)C(C)(C)C. The molecule has 4 nitrogen and oxygen atoms in total. The number of amides is 1. The van der Waals surface area contributed by atoms with Crippen LogP contribution in [0, 0.1) is 17.3 Å². The van der Waals surface area contributed by atoms with E-state index in [1.807, 2.05) is 57.2 Å². The zero-order valence-corrected chi connectivity index (χ0v) is 15.5. The molecule has 0 aliphatic carbocycles. The van der Waals surface area contributed by atoms with Crippen molar-refractivity contribution in [3.05, 3.63) is 71.8 Å².